The molecule has 1 aromatic carbocycles. The molecule has 1 aromatic rings. The molecule has 0 unspecified atom stereocenters. The molecule has 0 spiro atoms. The number of benzene rings is 1. The van der Waals surface area contributed by atoms with Crippen LogP contribution >= 0.6 is 0 Å². The molecule has 1 amide bonds. The zero-order valence-corrected chi connectivity index (χ0v) is 17.4. The number of carbonyl (C=O) groups is 1. The van der Waals surface area contributed by atoms with Gasteiger partial charge in [-0.25, -0.2) is 8.42 Å². The van der Waals surface area contributed by atoms with Gasteiger partial charge in [0.25, 0.3) is 0 Å². The highest BCUT2D eigenvalue weighted by Crippen LogP contribution is 2.24. The zero-order valence-electron chi connectivity index (χ0n) is 16.5. The molecule has 9 heteroatoms. The Morgan fingerprint density at radius 3 is 2.32 bits per heavy atom. The van der Waals surface area contributed by atoms with Gasteiger partial charge in [0.15, 0.2) is 0 Å². The van der Waals surface area contributed by atoms with Gasteiger partial charge in [0.1, 0.15) is 18.4 Å². The van der Waals surface area contributed by atoms with E-state index in [2.05, 4.69) is 11.9 Å². The van der Waals surface area contributed by atoms with Crippen molar-refractivity contribution in [1.29, 1.82) is 0 Å². The van der Waals surface area contributed by atoms with Crippen molar-refractivity contribution in [3.63, 3.8) is 0 Å². The van der Waals surface area contributed by atoms with Gasteiger partial charge in [0.2, 0.25) is 15.9 Å². The Labute approximate surface area is 167 Å². The lowest BCUT2D eigenvalue weighted by Crippen LogP contribution is -2.47. The highest BCUT2D eigenvalue weighted by Gasteiger charge is 2.25. The summed E-state index contributed by atoms with van der Waals surface area (Å²) in [4.78, 5) is 16.4. The van der Waals surface area contributed by atoms with Crippen LogP contribution in [0.15, 0.2) is 24.3 Å². The van der Waals surface area contributed by atoms with Crippen molar-refractivity contribution in [2.24, 2.45) is 0 Å². The molecule has 2 fully saturated rings. The lowest BCUT2D eigenvalue weighted by molar-refractivity contribution is -0.133. The van der Waals surface area contributed by atoms with E-state index >= 15 is 0 Å². The molecular formula is C19H29N3O5S. The molecule has 0 saturated carbocycles. The van der Waals surface area contributed by atoms with Gasteiger partial charge in [0.05, 0.1) is 25.2 Å². The van der Waals surface area contributed by atoms with E-state index in [1.165, 1.54) is 0 Å². The summed E-state index contributed by atoms with van der Waals surface area (Å²) >= 11 is 0. The maximum atomic E-state index is 12.5. The van der Waals surface area contributed by atoms with Gasteiger partial charge in [0, 0.05) is 26.2 Å². The normalized spacial score (nSPS) is 19.4. The Bertz CT molecular complexity index is 754. The minimum absolute atomic E-state index is 0.177. The number of carbonyl (C=O) groups excluding carboxylic acids is 1. The zero-order chi connectivity index (χ0) is 20.1. The summed E-state index contributed by atoms with van der Waals surface area (Å²) in [5.41, 5.74) is 0.458. The summed E-state index contributed by atoms with van der Waals surface area (Å²) in [6.07, 6.45) is 3.24. The van der Waals surface area contributed by atoms with Crippen molar-refractivity contribution < 1.29 is 22.7 Å². The molecule has 2 heterocycles. The number of anilines is 1. The number of nitrogens with zero attached hydrogens (tertiary/aromatic N) is 3. The van der Waals surface area contributed by atoms with E-state index in [1.807, 2.05) is 0 Å². The molecule has 2 saturated heterocycles. The number of hydrogen-bond donors (Lipinski definition) is 0. The number of ether oxygens (including phenoxy) is 2. The summed E-state index contributed by atoms with van der Waals surface area (Å²) in [6, 6.07) is 6.92. The first-order chi connectivity index (χ1) is 13.3. The van der Waals surface area contributed by atoms with E-state index in [0.29, 0.717) is 37.7 Å². The molecule has 156 valence electrons. The van der Waals surface area contributed by atoms with Crippen LogP contribution in [0.5, 0.6) is 5.75 Å². The van der Waals surface area contributed by atoms with Crippen molar-refractivity contribution >= 4 is 21.6 Å². The lowest BCUT2D eigenvalue weighted by atomic mass is 10.1. The number of likely N-dealkylation sites (tertiary alicyclic amines) is 1. The van der Waals surface area contributed by atoms with Crippen LogP contribution < -0.4 is 9.04 Å². The molecule has 0 radical (unpaired) electrons. The van der Waals surface area contributed by atoms with Gasteiger partial charge in [-0.15, -0.1) is 0 Å². The molecule has 0 atom stereocenters. The summed E-state index contributed by atoms with van der Waals surface area (Å²) in [5.74, 6) is 0.492. The Hall–Kier alpha value is -1.84. The highest BCUT2D eigenvalue weighted by molar-refractivity contribution is 7.92. The third-order valence-electron chi connectivity index (χ3n) is 5.14. The molecule has 3 rings (SSSR count). The van der Waals surface area contributed by atoms with E-state index < -0.39 is 10.0 Å². The fourth-order valence-corrected chi connectivity index (χ4v) is 4.27. The standard InChI is InChI=1S/C19H29N3O5S/c1-20-9-7-18(8-10-20)27-17-5-3-16(4-6-17)22(28(2,24)25)15-19(23)21-11-13-26-14-12-21/h3-6,18H,7-15H2,1-2H3. The van der Waals surface area contributed by atoms with Crippen molar-refractivity contribution in [3.05, 3.63) is 24.3 Å². The number of hydrogen-bond acceptors (Lipinski definition) is 6. The fourth-order valence-electron chi connectivity index (χ4n) is 3.42. The summed E-state index contributed by atoms with van der Waals surface area (Å²) < 4.78 is 37.0. The van der Waals surface area contributed by atoms with Gasteiger partial charge in [-0.3, -0.25) is 9.10 Å². The number of morpholine rings is 1. The van der Waals surface area contributed by atoms with E-state index in [-0.39, 0.29) is 18.6 Å². The maximum absolute atomic E-state index is 12.5. The molecular weight excluding hydrogens is 382 g/mol. The minimum Gasteiger partial charge on any atom is -0.490 e. The average Bonchev–Trinajstić information content (AvgIpc) is 2.68. The molecule has 0 N–H and O–H groups in total. The first-order valence-electron chi connectivity index (χ1n) is 9.61. The molecule has 0 aliphatic carbocycles. The van der Waals surface area contributed by atoms with Crippen LogP contribution in [-0.4, -0.2) is 89.5 Å². The molecule has 28 heavy (non-hydrogen) atoms. The number of amides is 1. The van der Waals surface area contributed by atoms with Gasteiger partial charge in [-0.05, 0) is 44.2 Å². The van der Waals surface area contributed by atoms with Crippen molar-refractivity contribution in [2.75, 3.05) is 63.5 Å². The van der Waals surface area contributed by atoms with Crippen LogP contribution in [0.1, 0.15) is 12.8 Å². The second-order valence-corrected chi connectivity index (χ2v) is 9.28. The van der Waals surface area contributed by atoms with E-state index in [1.54, 1.807) is 29.2 Å². The number of piperidine rings is 1. The van der Waals surface area contributed by atoms with Crippen LogP contribution in [0, 0.1) is 0 Å². The third kappa shape index (κ3) is 5.59. The minimum atomic E-state index is -3.59. The Balaban J connectivity index is 1.66. The van der Waals surface area contributed by atoms with Gasteiger partial charge in [-0.1, -0.05) is 0 Å². The predicted octanol–water partition coefficient (Wildman–Crippen LogP) is 0.784. The monoisotopic (exact) mass is 411 g/mol. The van der Waals surface area contributed by atoms with Crippen LogP contribution in [0.2, 0.25) is 0 Å². The van der Waals surface area contributed by atoms with Gasteiger partial charge < -0.3 is 19.3 Å². The molecule has 8 nitrogen and oxygen atoms in total. The average molecular weight is 412 g/mol. The molecule has 0 aromatic heterocycles. The van der Waals surface area contributed by atoms with E-state index in [9.17, 15) is 13.2 Å². The largest absolute Gasteiger partial charge is 0.490 e. The summed E-state index contributed by atoms with van der Waals surface area (Å²) in [5, 5.41) is 0. The summed E-state index contributed by atoms with van der Waals surface area (Å²) in [6.45, 7) is 3.73. The number of sulfonamides is 1. The SMILES string of the molecule is CN1CCC(Oc2ccc(N(CC(=O)N3CCOCC3)S(C)(=O)=O)cc2)CC1. The maximum Gasteiger partial charge on any atom is 0.243 e. The first-order valence-corrected chi connectivity index (χ1v) is 11.5. The third-order valence-corrected chi connectivity index (χ3v) is 6.28. The number of rotatable bonds is 6. The van der Waals surface area contributed by atoms with Crippen molar-refractivity contribution in [2.45, 2.75) is 18.9 Å². The summed E-state index contributed by atoms with van der Waals surface area (Å²) in [7, 11) is -1.49. The van der Waals surface area contributed by atoms with E-state index in [4.69, 9.17) is 9.47 Å². The van der Waals surface area contributed by atoms with Crippen LogP contribution in [-0.2, 0) is 19.6 Å². The van der Waals surface area contributed by atoms with Crippen molar-refractivity contribution in [1.82, 2.24) is 9.80 Å². The van der Waals surface area contributed by atoms with Crippen LogP contribution in [0.3, 0.4) is 0 Å². The van der Waals surface area contributed by atoms with Gasteiger partial charge in [-0.2, -0.15) is 0 Å². The molecule has 2 aliphatic heterocycles. The highest BCUT2D eigenvalue weighted by atomic mass is 32.2. The quantitative estimate of drug-likeness (QED) is 0.689. The smallest absolute Gasteiger partial charge is 0.243 e. The Kier molecular flexibility index (Phi) is 6.79. The van der Waals surface area contributed by atoms with E-state index in [0.717, 1.165) is 36.5 Å². The molecule has 2 aliphatic rings. The Morgan fingerprint density at radius 1 is 1.14 bits per heavy atom. The lowest BCUT2D eigenvalue weighted by Gasteiger charge is -2.30. The second kappa shape index (κ2) is 9.11. The van der Waals surface area contributed by atoms with Crippen molar-refractivity contribution in [3.8, 4) is 5.75 Å². The van der Waals surface area contributed by atoms with Crippen LogP contribution in [0.25, 0.3) is 0 Å². The van der Waals surface area contributed by atoms with Gasteiger partial charge >= 0.3 is 0 Å². The second-order valence-electron chi connectivity index (χ2n) is 7.38. The molecule has 0 bridgehead atoms. The Morgan fingerprint density at radius 2 is 1.75 bits per heavy atom. The fraction of sp³-hybridized carbons (Fsp3) is 0.632. The topological polar surface area (TPSA) is 79.4 Å². The first kappa shape index (κ1) is 20.9. The van der Waals surface area contributed by atoms with Crippen LogP contribution in [0.4, 0.5) is 5.69 Å². The predicted molar refractivity (Wildman–Crippen MR) is 107 cm³/mol.